The molecule has 1 N–H and O–H groups in total. The van der Waals surface area contributed by atoms with Gasteiger partial charge in [-0.25, -0.2) is 0 Å². The van der Waals surface area contributed by atoms with Crippen LogP contribution in [0.15, 0.2) is 29.4 Å². The molecule has 2 amide bonds. The molecule has 1 aromatic carbocycles. The Kier molecular flexibility index (Phi) is 7.77. The first kappa shape index (κ1) is 24.1. The molecule has 0 atom stereocenters. The summed E-state index contributed by atoms with van der Waals surface area (Å²) in [6.45, 7) is 4.24. The van der Waals surface area contributed by atoms with Crippen LogP contribution < -0.4 is 5.32 Å². The molecule has 0 spiro atoms. The van der Waals surface area contributed by atoms with Gasteiger partial charge in [-0.1, -0.05) is 36.9 Å². The lowest BCUT2D eigenvalue weighted by molar-refractivity contribution is -0.147. The van der Waals surface area contributed by atoms with E-state index in [0.29, 0.717) is 26.2 Å². The first-order chi connectivity index (χ1) is 15.2. The lowest BCUT2D eigenvalue weighted by atomic mass is 10.1. The summed E-state index contributed by atoms with van der Waals surface area (Å²) in [5, 5.41) is 9.65. The van der Waals surface area contributed by atoms with Crippen LogP contribution in [0.1, 0.15) is 18.3 Å². The molecule has 12 heteroatoms. The number of para-hydroxylation sites is 1. The Bertz CT molecular complexity index is 957. The van der Waals surface area contributed by atoms with Crippen molar-refractivity contribution in [1.82, 2.24) is 24.6 Å². The van der Waals surface area contributed by atoms with Crippen LogP contribution in [0.5, 0.6) is 0 Å². The summed E-state index contributed by atoms with van der Waals surface area (Å²) in [5.41, 5.74) is 1.88. The number of anilines is 1. The maximum atomic E-state index is 12.8. The number of piperazine rings is 1. The van der Waals surface area contributed by atoms with Crippen molar-refractivity contribution in [3.05, 3.63) is 35.7 Å². The van der Waals surface area contributed by atoms with E-state index in [1.165, 1.54) is 7.05 Å². The molecule has 1 aliphatic heterocycles. The quantitative estimate of drug-likeness (QED) is 0.626. The number of nitrogens with zero attached hydrogens (tertiary/aromatic N) is 5. The molecule has 2 heterocycles. The normalized spacial score (nSPS) is 15.1. The van der Waals surface area contributed by atoms with Gasteiger partial charge in [0.05, 0.1) is 12.3 Å². The number of amides is 2. The highest BCUT2D eigenvalue weighted by molar-refractivity contribution is 7.99. The van der Waals surface area contributed by atoms with Crippen molar-refractivity contribution < 1.29 is 22.8 Å². The smallest absolute Gasteiger partial charge is 0.339 e. The van der Waals surface area contributed by atoms with E-state index in [9.17, 15) is 22.8 Å². The zero-order valence-corrected chi connectivity index (χ0v) is 18.7. The van der Waals surface area contributed by atoms with E-state index in [1.54, 1.807) is 4.90 Å². The minimum absolute atomic E-state index is 0.0296. The molecule has 174 valence electrons. The standard InChI is InChI=1S/C20H25F3N6O2S/c1-3-14-6-4-5-7-15(14)24-16(30)12-28-8-10-29(11-9-28)17(31)13-32-19-26-25-18(27(19)2)20(21,22)23/h4-7H,3,8-13H2,1-2H3,(H,24,30). The van der Waals surface area contributed by atoms with E-state index < -0.39 is 12.0 Å². The molecule has 1 saturated heterocycles. The molecule has 0 aliphatic carbocycles. The fourth-order valence-electron chi connectivity index (χ4n) is 3.40. The molecule has 8 nitrogen and oxygen atoms in total. The number of halogens is 3. The minimum Gasteiger partial charge on any atom is -0.339 e. The largest absolute Gasteiger partial charge is 0.451 e. The van der Waals surface area contributed by atoms with E-state index in [0.717, 1.165) is 34.0 Å². The van der Waals surface area contributed by atoms with Gasteiger partial charge in [-0.15, -0.1) is 10.2 Å². The number of hydrogen-bond donors (Lipinski definition) is 1. The fraction of sp³-hybridized carbons (Fsp3) is 0.500. The molecule has 0 bridgehead atoms. The van der Waals surface area contributed by atoms with E-state index in [4.69, 9.17) is 0 Å². The highest BCUT2D eigenvalue weighted by Gasteiger charge is 2.37. The van der Waals surface area contributed by atoms with Gasteiger partial charge >= 0.3 is 6.18 Å². The van der Waals surface area contributed by atoms with Crippen molar-refractivity contribution >= 4 is 29.3 Å². The van der Waals surface area contributed by atoms with E-state index in [2.05, 4.69) is 15.5 Å². The van der Waals surface area contributed by atoms with Crippen LogP contribution in [0.3, 0.4) is 0 Å². The average Bonchev–Trinajstić information content (AvgIpc) is 3.13. The van der Waals surface area contributed by atoms with Crippen LogP contribution in [0.4, 0.5) is 18.9 Å². The Morgan fingerprint density at radius 3 is 2.44 bits per heavy atom. The summed E-state index contributed by atoms with van der Waals surface area (Å²) in [5.74, 6) is -1.42. The molecule has 0 unspecified atom stereocenters. The van der Waals surface area contributed by atoms with Crippen molar-refractivity contribution in [1.29, 1.82) is 0 Å². The van der Waals surface area contributed by atoms with Crippen molar-refractivity contribution in [3.8, 4) is 0 Å². The number of carbonyl (C=O) groups is 2. The summed E-state index contributed by atoms with van der Waals surface area (Å²) in [4.78, 5) is 28.5. The summed E-state index contributed by atoms with van der Waals surface area (Å²) in [6, 6.07) is 7.66. The van der Waals surface area contributed by atoms with Crippen LogP contribution in [0, 0.1) is 0 Å². The third-order valence-corrected chi connectivity index (χ3v) is 6.18. The molecular formula is C20H25F3N6O2S. The van der Waals surface area contributed by atoms with Gasteiger partial charge in [0.2, 0.25) is 17.6 Å². The SMILES string of the molecule is CCc1ccccc1NC(=O)CN1CCN(C(=O)CSc2nnc(C(F)(F)F)n2C)CC1. The topological polar surface area (TPSA) is 83.4 Å². The number of hydrogen-bond acceptors (Lipinski definition) is 6. The lowest BCUT2D eigenvalue weighted by Gasteiger charge is -2.34. The molecule has 1 fully saturated rings. The number of alkyl halides is 3. The molecule has 0 radical (unpaired) electrons. The predicted octanol–water partition coefficient (Wildman–Crippen LogP) is 2.27. The Hall–Kier alpha value is -2.60. The first-order valence-electron chi connectivity index (χ1n) is 10.2. The van der Waals surface area contributed by atoms with Gasteiger partial charge in [-0.3, -0.25) is 14.5 Å². The summed E-state index contributed by atoms with van der Waals surface area (Å²) in [6.07, 6.45) is -3.77. The zero-order chi connectivity index (χ0) is 23.3. The van der Waals surface area contributed by atoms with Crippen LogP contribution in [0.2, 0.25) is 0 Å². The summed E-state index contributed by atoms with van der Waals surface area (Å²) in [7, 11) is 1.22. The second-order valence-electron chi connectivity index (χ2n) is 7.37. The Balaban J connectivity index is 1.44. The molecule has 3 rings (SSSR count). The maximum Gasteiger partial charge on any atom is 0.451 e. The number of aryl methyl sites for hydroxylation is 1. The first-order valence-corrected chi connectivity index (χ1v) is 11.1. The van der Waals surface area contributed by atoms with Crippen molar-refractivity contribution in [2.75, 3.05) is 43.8 Å². The Morgan fingerprint density at radius 2 is 1.81 bits per heavy atom. The lowest BCUT2D eigenvalue weighted by Crippen LogP contribution is -2.50. The molecule has 0 saturated carbocycles. The van der Waals surface area contributed by atoms with Gasteiger partial charge in [0.25, 0.3) is 0 Å². The van der Waals surface area contributed by atoms with Crippen molar-refractivity contribution in [3.63, 3.8) is 0 Å². The molecule has 32 heavy (non-hydrogen) atoms. The van der Waals surface area contributed by atoms with Crippen LogP contribution >= 0.6 is 11.8 Å². The number of carbonyl (C=O) groups excluding carboxylic acids is 2. The number of nitrogens with one attached hydrogen (secondary N) is 1. The van der Waals surface area contributed by atoms with Gasteiger partial charge in [0.1, 0.15) is 0 Å². The van der Waals surface area contributed by atoms with Crippen LogP contribution in [-0.4, -0.2) is 74.9 Å². The Morgan fingerprint density at radius 1 is 1.12 bits per heavy atom. The highest BCUT2D eigenvalue weighted by atomic mass is 32.2. The summed E-state index contributed by atoms with van der Waals surface area (Å²) < 4.78 is 39.2. The number of rotatable bonds is 7. The van der Waals surface area contributed by atoms with Crippen molar-refractivity contribution in [2.24, 2.45) is 7.05 Å². The van der Waals surface area contributed by atoms with Gasteiger partial charge in [-0.2, -0.15) is 13.2 Å². The van der Waals surface area contributed by atoms with Gasteiger partial charge in [0, 0.05) is 38.9 Å². The third kappa shape index (κ3) is 6.00. The monoisotopic (exact) mass is 470 g/mol. The second-order valence-corrected chi connectivity index (χ2v) is 8.31. The van der Waals surface area contributed by atoms with E-state index >= 15 is 0 Å². The van der Waals surface area contributed by atoms with Gasteiger partial charge < -0.3 is 14.8 Å². The molecular weight excluding hydrogens is 445 g/mol. The van der Waals surface area contributed by atoms with E-state index in [1.807, 2.05) is 36.1 Å². The summed E-state index contributed by atoms with van der Waals surface area (Å²) >= 11 is 0.922. The van der Waals surface area contributed by atoms with Gasteiger partial charge in [0.15, 0.2) is 5.16 Å². The minimum atomic E-state index is -4.59. The number of thioether (sulfide) groups is 1. The molecule has 1 aromatic heterocycles. The van der Waals surface area contributed by atoms with Crippen LogP contribution in [-0.2, 0) is 29.2 Å². The Labute approximate surface area is 188 Å². The van der Waals surface area contributed by atoms with Crippen molar-refractivity contribution in [2.45, 2.75) is 24.7 Å². The fourth-order valence-corrected chi connectivity index (χ4v) is 4.22. The highest BCUT2D eigenvalue weighted by Crippen LogP contribution is 2.29. The maximum absolute atomic E-state index is 12.8. The number of aromatic nitrogens is 3. The third-order valence-electron chi connectivity index (χ3n) is 5.18. The van der Waals surface area contributed by atoms with E-state index in [-0.39, 0.29) is 29.3 Å². The van der Waals surface area contributed by atoms with Gasteiger partial charge in [-0.05, 0) is 18.1 Å². The molecule has 2 aromatic rings. The second kappa shape index (κ2) is 10.3. The molecule has 1 aliphatic rings. The van der Waals surface area contributed by atoms with Crippen LogP contribution in [0.25, 0.3) is 0 Å². The zero-order valence-electron chi connectivity index (χ0n) is 17.9. The average molecular weight is 471 g/mol. The predicted molar refractivity (Wildman–Crippen MR) is 114 cm³/mol. The number of benzene rings is 1.